The number of Topliss-reactive ketones (excluding diaryl/α,β-unsaturated/α-hetero) is 1. The zero-order valence-electron chi connectivity index (χ0n) is 13.0. The summed E-state index contributed by atoms with van der Waals surface area (Å²) >= 11 is 3.15. The molecule has 1 aliphatic rings. The Morgan fingerprint density at radius 3 is 2.48 bits per heavy atom. The fraction of sp³-hybridized carbons (Fsp3) is 0.438. The fourth-order valence-electron chi connectivity index (χ4n) is 2.66. The molecule has 1 N–H and O–H groups in total. The largest absolute Gasteiger partial charge is 0.325 e. The Bertz CT molecular complexity index is 659. The number of amides is 3. The third-order valence-electron chi connectivity index (χ3n) is 4.19. The smallest absolute Gasteiger partial charge is 0.323 e. The van der Waals surface area contributed by atoms with E-state index in [1.54, 1.807) is 6.07 Å². The summed E-state index contributed by atoms with van der Waals surface area (Å²) in [5.74, 6) is -1.28. The van der Waals surface area contributed by atoms with Crippen molar-refractivity contribution in [2.24, 2.45) is 0 Å². The number of imide groups is 1. The van der Waals surface area contributed by atoms with Crippen LogP contribution in [0.4, 0.5) is 9.18 Å². The molecule has 5 nitrogen and oxygen atoms in total. The lowest BCUT2D eigenvalue weighted by Crippen LogP contribution is -2.46. The van der Waals surface area contributed by atoms with Gasteiger partial charge in [0.15, 0.2) is 5.78 Å². The molecule has 2 rings (SSSR count). The quantitative estimate of drug-likeness (QED) is 0.766. The molecule has 3 amide bonds. The number of benzene rings is 1. The Kier molecular flexibility index (Phi) is 5.19. The number of nitrogens with zero attached hydrogens (tertiary/aromatic N) is 1. The number of hydrogen-bond donors (Lipinski definition) is 1. The van der Waals surface area contributed by atoms with Gasteiger partial charge in [-0.05, 0) is 30.5 Å². The number of halogens is 2. The third kappa shape index (κ3) is 3.44. The van der Waals surface area contributed by atoms with E-state index in [2.05, 4.69) is 21.2 Å². The van der Waals surface area contributed by atoms with Crippen LogP contribution < -0.4 is 5.32 Å². The van der Waals surface area contributed by atoms with Crippen LogP contribution >= 0.6 is 15.9 Å². The molecule has 7 heteroatoms. The van der Waals surface area contributed by atoms with Crippen molar-refractivity contribution in [2.45, 2.75) is 38.6 Å². The summed E-state index contributed by atoms with van der Waals surface area (Å²) in [6.07, 6.45) is 0.752. The van der Waals surface area contributed by atoms with Crippen molar-refractivity contribution >= 4 is 33.7 Å². The zero-order valence-corrected chi connectivity index (χ0v) is 14.6. The highest BCUT2D eigenvalue weighted by molar-refractivity contribution is 9.10. The van der Waals surface area contributed by atoms with Crippen molar-refractivity contribution in [1.29, 1.82) is 0 Å². The predicted molar refractivity (Wildman–Crippen MR) is 86.4 cm³/mol. The number of hydrogen-bond acceptors (Lipinski definition) is 3. The van der Waals surface area contributed by atoms with Gasteiger partial charge in [0.2, 0.25) is 0 Å². The molecule has 23 heavy (non-hydrogen) atoms. The number of ketones is 1. The molecule has 0 aromatic heterocycles. The van der Waals surface area contributed by atoms with Crippen LogP contribution in [-0.2, 0) is 16.0 Å². The second-order valence-corrected chi connectivity index (χ2v) is 6.48. The summed E-state index contributed by atoms with van der Waals surface area (Å²) in [6.45, 7) is 3.27. The van der Waals surface area contributed by atoms with E-state index in [1.807, 2.05) is 13.8 Å². The normalized spacial score (nSPS) is 16.6. The molecule has 1 aromatic rings. The molecule has 1 heterocycles. The van der Waals surface area contributed by atoms with Gasteiger partial charge in [-0.2, -0.15) is 0 Å². The van der Waals surface area contributed by atoms with Crippen molar-refractivity contribution in [2.75, 3.05) is 6.54 Å². The Hall–Kier alpha value is -1.76. The number of rotatable bonds is 6. The molecule has 1 aromatic carbocycles. The van der Waals surface area contributed by atoms with Gasteiger partial charge in [-0.15, -0.1) is 0 Å². The molecule has 0 radical (unpaired) electrons. The van der Waals surface area contributed by atoms with Crippen molar-refractivity contribution in [1.82, 2.24) is 10.2 Å². The Morgan fingerprint density at radius 2 is 1.96 bits per heavy atom. The molecule has 1 fully saturated rings. The van der Waals surface area contributed by atoms with Gasteiger partial charge in [0, 0.05) is 10.9 Å². The van der Waals surface area contributed by atoms with Crippen LogP contribution in [0.15, 0.2) is 22.7 Å². The summed E-state index contributed by atoms with van der Waals surface area (Å²) in [7, 11) is 0. The minimum absolute atomic E-state index is 0.165. The highest BCUT2D eigenvalue weighted by atomic mass is 79.9. The number of carbonyl (C=O) groups excluding carboxylic acids is 3. The summed E-state index contributed by atoms with van der Waals surface area (Å²) < 4.78 is 14.3. The first-order valence-electron chi connectivity index (χ1n) is 7.42. The lowest BCUT2D eigenvalue weighted by Gasteiger charge is -2.22. The molecule has 0 atom stereocenters. The minimum Gasteiger partial charge on any atom is -0.323 e. The maximum atomic E-state index is 13.8. The van der Waals surface area contributed by atoms with E-state index < -0.39 is 29.1 Å². The second-order valence-electron chi connectivity index (χ2n) is 5.56. The van der Waals surface area contributed by atoms with Crippen LogP contribution in [0.5, 0.6) is 0 Å². The third-order valence-corrected chi connectivity index (χ3v) is 4.68. The van der Waals surface area contributed by atoms with Gasteiger partial charge < -0.3 is 5.32 Å². The van der Waals surface area contributed by atoms with E-state index in [0.717, 1.165) is 4.90 Å². The van der Waals surface area contributed by atoms with Gasteiger partial charge in [-0.3, -0.25) is 14.5 Å². The van der Waals surface area contributed by atoms with Gasteiger partial charge >= 0.3 is 6.03 Å². The summed E-state index contributed by atoms with van der Waals surface area (Å²) in [5, 5.41) is 2.66. The number of urea groups is 1. The highest BCUT2D eigenvalue weighted by Crippen LogP contribution is 2.25. The summed E-state index contributed by atoms with van der Waals surface area (Å²) in [4.78, 5) is 37.4. The molecule has 0 unspecified atom stereocenters. The lowest BCUT2D eigenvalue weighted by molar-refractivity contribution is -0.134. The van der Waals surface area contributed by atoms with Crippen LogP contribution in [0.2, 0.25) is 0 Å². The van der Waals surface area contributed by atoms with Crippen LogP contribution in [0.3, 0.4) is 0 Å². The van der Waals surface area contributed by atoms with Crippen molar-refractivity contribution < 1.29 is 18.8 Å². The average molecular weight is 385 g/mol. The Labute approximate surface area is 142 Å². The van der Waals surface area contributed by atoms with E-state index >= 15 is 0 Å². The number of nitrogens with one attached hydrogen (secondary N) is 1. The molecule has 124 valence electrons. The monoisotopic (exact) mass is 384 g/mol. The SMILES string of the molecule is CCC1(CC)NC(=O)N(CC(=O)Cc2ccc(Br)cc2F)C1=O. The maximum absolute atomic E-state index is 13.8. The highest BCUT2D eigenvalue weighted by Gasteiger charge is 2.49. The first kappa shape index (κ1) is 17.6. The molecule has 0 bridgehead atoms. The first-order valence-corrected chi connectivity index (χ1v) is 8.22. The van der Waals surface area contributed by atoms with Crippen molar-refractivity contribution in [3.8, 4) is 0 Å². The predicted octanol–water partition coefficient (Wildman–Crippen LogP) is 2.81. The van der Waals surface area contributed by atoms with Crippen molar-refractivity contribution in [3.05, 3.63) is 34.1 Å². The maximum Gasteiger partial charge on any atom is 0.325 e. The standard InChI is InChI=1S/C16H18BrFN2O3/c1-3-16(4-2)14(22)20(15(23)19-16)9-12(21)7-10-5-6-11(17)8-13(10)18/h5-6,8H,3-4,7,9H2,1-2H3,(H,19,23). The van der Waals surface area contributed by atoms with Crippen molar-refractivity contribution in [3.63, 3.8) is 0 Å². The lowest BCUT2D eigenvalue weighted by atomic mass is 9.93. The first-order chi connectivity index (χ1) is 10.8. The van der Waals surface area contributed by atoms with Gasteiger partial charge in [0.05, 0.1) is 6.54 Å². The second kappa shape index (κ2) is 6.78. The molecule has 1 aliphatic heterocycles. The van der Waals surface area contributed by atoms with Crippen LogP contribution in [0.1, 0.15) is 32.3 Å². The van der Waals surface area contributed by atoms with Crippen LogP contribution in [-0.4, -0.2) is 34.7 Å². The zero-order chi connectivity index (χ0) is 17.2. The van der Waals surface area contributed by atoms with E-state index in [9.17, 15) is 18.8 Å². The van der Waals surface area contributed by atoms with Crippen LogP contribution in [0.25, 0.3) is 0 Å². The molecule has 0 saturated carbocycles. The summed E-state index contributed by atoms with van der Waals surface area (Å²) in [6, 6.07) is 3.85. The van der Waals surface area contributed by atoms with E-state index in [0.29, 0.717) is 17.3 Å². The average Bonchev–Trinajstić information content (AvgIpc) is 2.75. The number of carbonyl (C=O) groups is 3. The van der Waals surface area contributed by atoms with E-state index in [4.69, 9.17) is 0 Å². The van der Waals surface area contributed by atoms with Gasteiger partial charge in [-0.1, -0.05) is 35.8 Å². The van der Waals surface area contributed by atoms with E-state index in [-0.39, 0.29) is 18.5 Å². The van der Waals surface area contributed by atoms with Gasteiger partial charge in [0.25, 0.3) is 5.91 Å². The minimum atomic E-state index is -0.930. The Morgan fingerprint density at radius 1 is 1.30 bits per heavy atom. The Balaban J connectivity index is 2.08. The molecule has 1 saturated heterocycles. The van der Waals surface area contributed by atoms with E-state index in [1.165, 1.54) is 12.1 Å². The molecular weight excluding hydrogens is 367 g/mol. The fourth-order valence-corrected chi connectivity index (χ4v) is 2.99. The topological polar surface area (TPSA) is 66.5 Å². The van der Waals surface area contributed by atoms with Crippen LogP contribution in [0, 0.1) is 5.82 Å². The molecule has 0 spiro atoms. The van der Waals surface area contributed by atoms with Gasteiger partial charge in [-0.25, -0.2) is 9.18 Å². The summed E-state index contributed by atoms with van der Waals surface area (Å²) in [5.41, 5.74) is -0.692. The molecule has 0 aliphatic carbocycles. The van der Waals surface area contributed by atoms with Gasteiger partial charge in [0.1, 0.15) is 11.4 Å². The molecular formula is C16H18BrFN2O3.